The summed E-state index contributed by atoms with van der Waals surface area (Å²) in [5, 5.41) is 2.42. The van der Waals surface area contributed by atoms with Crippen LogP contribution in [-0.2, 0) is 19.6 Å². The summed E-state index contributed by atoms with van der Waals surface area (Å²) in [6.45, 7) is 0.858. The molecule has 2 atom stereocenters. The van der Waals surface area contributed by atoms with Crippen LogP contribution in [0.5, 0.6) is 0 Å². The number of carbonyl (C=O) groups is 1. The number of rotatable bonds is 4. The number of anilines is 1. The molecule has 0 aromatic heterocycles. The molecule has 11 heteroatoms. The van der Waals surface area contributed by atoms with Crippen molar-refractivity contribution in [2.75, 3.05) is 31.6 Å². The van der Waals surface area contributed by atoms with Crippen LogP contribution in [0.2, 0.25) is 5.02 Å². The Bertz CT molecular complexity index is 857. The van der Waals surface area contributed by atoms with Crippen molar-refractivity contribution >= 4 is 33.2 Å². The molecule has 1 N–H and O–H groups in total. The SMILES string of the molecule is O=C(Nc1ccc(Cl)c(S(=O)(=O)N2CCOCC2)c1)C1CCCCC1C(F)(F)F. The number of benzene rings is 1. The molecule has 1 saturated heterocycles. The second kappa shape index (κ2) is 8.79. The number of sulfonamides is 1. The lowest BCUT2D eigenvalue weighted by Gasteiger charge is -2.32. The van der Waals surface area contributed by atoms with Crippen LogP contribution in [0.25, 0.3) is 0 Å². The van der Waals surface area contributed by atoms with Gasteiger partial charge in [-0.2, -0.15) is 17.5 Å². The lowest BCUT2D eigenvalue weighted by atomic mass is 9.78. The predicted octanol–water partition coefficient (Wildman–Crippen LogP) is 3.67. The zero-order chi connectivity index (χ0) is 21.2. The summed E-state index contributed by atoms with van der Waals surface area (Å²) in [4.78, 5) is 12.4. The van der Waals surface area contributed by atoms with Crippen molar-refractivity contribution in [1.29, 1.82) is 0 Å². The fourth-order valence-corrected chi connectivity index (χ4v) is 5.68. The van der Waals surface area contributed by atoms with Crippen molar-refractivity contribution in [1.82, 2.24) is 4.31 Å². The number of nitrogens with zero attached hydrogens (tertiary/aromatic N) is 1. The highest BCUT2D eigenvalue weighted by Crippen LogP contribution is 2.42. The highest BCUT2D eigenvalue weighted by molar-refractivity contribution is 7.89. The van der Waals surface area contributed by atoms with E-state index in [4.69, 9.17) is 16.3 Å². The van der Waals surface area contributed by atoms with E-state index in [1.807, 2.05) is 0 Å². The van der Waals surface area contributed by atoms with Crippen LogP contribution in [-0.4, -0.2) is 51.1 Å². The van der Waals surface area contributed by atoms with E-state index in [0.717, 1.165) is 0 Å². The zero-order valence-corrected chi connectivity index (χ0v) is 17.1. The minimum absolute atomic E-state index is 0.0275. The molecule has 0 radical (unpaired) electrons. The Morgan fingerprint density at radius 2 is 1.83 bits per heavy atom. The van der Waals surface area contributed by atoms with E-state index in [0.29, 0.717) is 12.8 Å². The molecule has 162 valence electrons. The van der Waals surface area contributed by atoms with Gasteiger partial charge in [-0.3, -0.25) is 4.79 Å². The van der Waals surface area contributed by atoms with Crippen molar-refractivity contribution in [2.24, 2.45) is 11.8 Å². The summed E-state index contributed by atoms with van der Waals surface area (Å²) in [6, 6.07) is 3.88. The Morgan fingerprint density at radius 3 is 2.48 bits per heavy atom. The second-order valence-corrected chi connectivity index (χ2v) is 9.50. The zero-order valence-electron chi connectivity index (χ0n) is 15.5. The summed E-state index contributed by atoms with van der Waals surface area (Å²) < 4.78 is 71.9. The van der Waals surface area contributed by atoms with Crippen LogP contribution in [0, 0.1) is 11.8 Å². The van der Waals surface area contributed by atoms with Crippen LogP contribution in [0.4, 0.5) is 18.9 Å². The van der Waals surface area contributed by atoms with Gasteiger partial charge in [0.15, 0.2) is 0 Å². The normalized spacial score (nSPS) is 24.3. The van der Waals surface area contributed by atoms with Gasteiger partial charge in [-0.05, 0) is 31.0 Å². The average molecular weight is 455 g/mol. The lowest BCUT2D eigenvalue weighted by Crippen LogP contribution is -2.41. The smallest absolute Gasteiger partial charge is 0.379 e. The summed E-state index contributed by atoms with van der Waals surface area (Å²) >= 11 is 6.07. The third-order valence-electron chi connectivity index (χ3n) is 5.31. The van der Waals surface area contributed by atoms with E-state index in [1.54, 1.807) is 0 Å². The third-order valence-corrected chi connectivity index (χ3v) is 7.69. The fourth-order valence-electron chi connectivity index (χ4n) is 3.78. The van der Waals surface area contributed by atoms with Crippen LogP contribution in [0.15, 0.2) is 23.1 Å². The Kier molecular flexibility index (Phi) is 6.77. The minimum atomic E-state index is -4.45. The predicted molar refractivity (Wildman–Crippen MR) is 101 cm³/mol. The summed E-state index contributed by atoms with van der Waals surface area (Å²) in [5.74, 6) is -3.65. The largest absolute Gasteiger partial charge is 0.392 e. The van der Waals surface area contributed by atoms with Gasteiger partial charge in [0.1, 0.15) is 4.90 Å². The molecule has 2 aliphatic rings. The van der Waals surface area contributed by atoms with Crippen LogP contribution in [0.3, 0.4) is 0 Å². The maximum Gasteiger partial charge on any atom is 0.392 e. The van der Waals surface area contributed by atoms with Gasteiger partial charge in [-0.25, -0.2) is 8.42 Å². The molecule has 2 fully saturated rings. The fraction of sp³-hybridized carbons (Fsp3) is 0.611. The third kappa shape index (κ3) is 5.04. The quantitative estimate of drug-likeness (QED) is 0.753. The molecule has 1 saturated carbocycles. The molecule has 6 nitrogen and oxygen atoms in total. The van der Waals surface area contributed by atoms with Crippen molar-refractivity contribution in [2.45, 2.75) is 36.8 Å². The number of halogens is 4. The topological polar surface area (TPSA) is 75.7 Å². The molecule has 1 aromatic rings. The number of morpholine rings is 1. The van der Waals surface area contributed by atoms with Gasteiger partial charge in [-0.1, -0.05) is 24.4 Å². The van der Waals surface area contributed by atoms with Crippen LogP contribution < -0.4 is 5.32 Å². The number of nitrogens with one attached hydrogen (secondary N) is 1. The number of hydrogen-bond donors (Lipinski definition) is 1. The molecular weight excluding hydrogens is 433 g/mol. The van der Waals surface area contributed by atoms with Gasteiger partial charge in [0.2, 0.25) is 15.9 Å². The van der Waals surface area contributed by atoms with E-state index in [1.165, 1.54) is 22.5 Å². The van der Waals surface area contributed by atoms with E-state index >= 15 is 0 Å². The Balaban J connectivity index is 1.81. The van der Waals surface area contributed by atoms with E-state index in [9.17, 15) is 26.4 Å². The second-order valence-electron chi connectivity index (χ2n) is 7.19. The monoisotopic (exact) mass is 454 g/mol. The molecule has 0 spiro atoms. The van der Waals surface area contributed by atoms with Crippen molar-refractivity contribution < 1.29 is 31.1 Å². The minimum Gasteiger partial charge on any atom is -0.379 e. The van der Waals surface area contributed by atoms with Crippen LogP contribution >= 0.6 is 11.6 Å². The van der Waals surface area contributed by atoms with Crippen molar-refractivity contribution in [3.63, 3.8) is 0 Å². The molecule has 1 aliphatic heterocycles. The molecule has 1 aliphatic carbocycles. The lowest BCUT2D eigenvalue weighted by molar-refractivity contribution is -0.197. The molecular formula is C18H22ClF3N2O4S. The Morgan fingerprint density at radius 1 is 1.17 bits per heavy atom. The maximum absolute atomic E-state index is 13.3. The highest BCUT2D eigenvalue weighted by Gasteiger charge is 2.48. The standard InChI is InChI=1S/C18H22ClF3N2O4S/c19-15-6-5-12(11-16(15)29(26,27)24-7-9-28-10-8-24)23-17(25)13-3-1-2-4-14(13)18(20,21)22/h5-6,11,13-14H,1-4,7-10H2,(H,23,25). The van der Waals surface area contributed by atoms with E-state index in [2.05, 4.69) is 5.32 Å². The number of hydrogen-bond acceptors (Lipinski definition) is 4. The average Bonchev–Trinajstić information content (AvgIpc) is 2.69. The van der Waals surface area contributed by atoms with Gasteiger partial charge >= 0.3 is 6.18 Å². The van der Waals surface area contributed by atoms with Crippen molar-refractivity contribution in [3.05, 3.63) is 23.2 Å². The van der Waals surface area contributed by atoms with Gasteiger partial charge in [0.05, 0.1) is 24.2 Å². The molecule has 0 bridgehead atoms. The molecule has 29 heavy (non-hydrogen) atoms. The Labute approximate surface area is 172 Å². The highest BCUT2D eigenvalue weighted by atomic mass is 35.5. The molecule has 3 rings (SSSR count). The van der Waals surface area contributed by atoms with Gasteiger partial charge in [-0.15, -0.1) is 0 Å². The summed E-state index contributed by atoms with van der Waals surface area (Å²) in [5.41, 5.74) is 0.0951. The van der Waals surface area contributed by atoms with E-state index in [-0.39, 0.29) is 54.8 Å². The van der Waals surface area contributed by atoms with E-state index < -0.39 is 33.9 Å². The molecule has 2 unspecified atom stereocenters. The first-order valence-electron chi connectivity index (χ1n) is 9.36. The maximum atomic E-state index is 13.3. The van der Waals surface area contributed by atoms with Gasteiger partial charge in [0.25, 0.3) is 0 Å². The number of ether oxygens (including phenoxy) is 1. The van der Waals surface area contributed by atoms with Gasteiger partial charge in [0, 0.05) is 24.7 Å². The van der Waals surface area contributed by atoms with Crippen molar-refractivity contribution in [3.8, 4) is 0 Å². The molecule has 1 amide bonds. The number of alkyl halides is 3. The first-order chi connectivity index (χ1) is 13.6. The first-order valence-corrected chi connectivity index (χ1v) is 11.2. The summed E-state index contributed by atoms with van der Waals surface area (Å²) in [7, 11) is -3.92. The van der Waals surface area contributed by atoms with Crippen LogP contribution in [0.1, 0.15) is 25.7 Å². The first kappa shape index (κ1) is 22.3. The molecule has 1 aromatic carbocycles. The Hall–Kier alpha value is -1.36. The summed E-state index contributed by atoms with van der Waals surface area (Å²) in [6.07, 6.45) is -3.42. The number of carbonyl (C=O) groups excluding carboxylic acids is 1. The molecule has 1 heterocycles. The number of amides is 1. The van der Waals surface area contributed by atoms with Gasteiger partial charge < -0.3 is 10.1 Å².